The van der Waals surface area contributed by atoms with Crippen LogP contribution in [0.15, 0.2) is 46.2 Å². The quantitative estimate of drug-likeness (QED) is 0.381. The normalized spacial score (nSPS) is 11.8. The molecule has 13 heteroatoms. The summed E-state index contributed by atoms with van der Waals surface area (Å²) in [6.45, 7) is 1.14. The number of ether oxygens (including phenoxy) is 2. The molecule has 34 heavy (non-hydrogen) atoms. The van der Waals surface area contributed by atoms with Crippen molar-refractivity contribution in [2.24, 2.45) is 5.73 Å². The first-order valence-electron chi connectivity index (χ1n) is 10.2. The van der Waals surface area contributed by atoms with Crippen molar-refractivity contribution >= 4 is 29.1 Å². The molecule has 2 heterocycles. The predicted octanol–water partition coefficient (Wildman–Crippen LogP) is -0.819. The van der Waals surface area contributed by atoms with E-state index >= 15 is 0 Å². The van der Waals surface area contributed by atoms with E-state index in [2.05, 4.69) is 4.98 Å². The van der Waals surface area contributed by atoms with Crippen LogP contribution in [0.1, 0.15) is 12.5 Å². The van der Waals surface area contributed by atoms with Crippen molar-refractivity contribution in [1.82, 2.24) is 24.0 Å². The first-order chi connectivity index (χ1) is 16.2. The lowest BCUT2D eigenvalue weighted by atomic mass is 10.2. The van der Waals surface area contributed by atoms with Gasteiger partial charge in [0.15, 0.2) is 17.3 Å². The minimum absolute atomic E-state index is 0.101. The Hall–Kier alpha value is -4.26. The molecule has 0 saturated heterocycles. The Labute approximate surface area is 192 Å². The Morgan fingerprint density at radius 3 is 2.50 bits per heavy atom. The number of nitrogens with two attached hydrogens (primary N) is 1. The molecule has 1 aromatic carbocycles. The van der Waals surface area contributed by atoms with Crippen LogP contribution in [-0.4, -0.2) is 56.4 Å². The number of aromatic nitrogens is 4. The lowest BCUT2D eigenvalue weighted by Crippen LogP contribution is -2.45. The van der Waals surface area contributed by atoms with Crippen molar-refractivity contribution < 1.29 is 23.9 Å². The topological polar surface area (TPSA) is 170 Å². The maximum atomic E-state index is 13.2. The number of nitrogens with zero attached hydrogens (tertiary/aromatic N) is 4. The smallest absolute Gasteiger partial charge is 0.333 e. The molecule has 0 aliphatic carbocycles. The van der Waals surface area contributed by atoms with Crippen molar-refractivity contribution in [3.05, 3.63) is 63.1 Å². The van der Waals surface area contributed by atoms with E-state index < -0.39 is 41.8 Å². The van der Waals surface area contributed by atoms with Gasteiger partial charge in [0.1, 0.15) is 6.54 Å². The van der Waals surface area contributed by atoms with Gasteiger partial charge in [0.05, 0.1) is 19.5 Å². The molecular formula is C21H24N6O7. The van der Waals surface area contributed by atoms with Gasteiger partial charge in [-0.1, -0.05) is 30.3 Å². The SMILES string of the molecule is COCCn1cnc2c1c(=O)n(CC(=O)OC(C)C(=O)NC(N)=O)c(=O)n2Cc1ccccc1. The van der Waals surface area contributed by atoms with Crippen LogP contribution in [0.25, 0.3) is 11.2 Å². The number of nitrogens with one attached hydrogen (secondary N) is 1. The zero-order valence-electron chi connectivity index (χ0n) is 18.6. The first kappa shape index (κ1) is 24.4. The number of imide groups is 1. The van der Waals surface area contributed by atoms with Crippen LogP contribution >= 0.6 is 0 Å². The number of hydrogen-bond acceptors (Lipinski definition) is 8. The summed E-state index contributed by atoms with van der Waals surface area (Å²) in [5.41, 5.74) is 4.41. The monoisotopic (exact) mass is 472 g/mol. The van der Waals surface area contributed by atoms with Gasteiger partial charge in [0.25, 0.3) is 11.5 Å². The Bertz CT molecular complexity index is 1330. The fourth-order valence-corrected chi connectivity index (χ4v) is 3.29. The number of methoxy groups -OCH3 is 1. The molecule has 1 unspecified atom stereocenters. The number of esters is 1. The molecule has 180 valence electrons. The van der Waals surface area contributed by atoms with Crippen molar-refractivity contribution in [3.8, 4) is 0 Å². The molecule has 3 rings (SSSR count). The second-order valence-electron chi connectivity index (χ2n) is 7.33. The number of carbonyl (C=O) groups is 3. The summed E-state index contributed by atoms with van der Waals surface area (Å²) < 4.78 is 13.6. The predicted molar refractivity (Wildman–Crippen MR) is 119 cm³/mol. The Kier molecular flexibility index (Phi) is 7.58. The lowest BCUT2D eigenvalue weighted by Gasteiger charge is -2.14. The molecule has 0 spiro atoms. The molecule has 3 N–H and O–H groups in total. The summed E-state index contributed by atoms with van der Waals surface area (Å²) in [6.07, 6.45) is 0.0449. The van der Waals surface area contributed by atoms with E-state index in [9.17, 15) is 24.0 Å². The van der Waals surface area contributed by atoms with Crippen molar-refractivity contribution in [2.45, 2.75) is 32.7 Å². The van der Waals surface area contributed by atoms with Gasteiger partial charge in [-0.05, 0) is 12.5 Å². The van der Waals surface area contributed by atoms with Crippen LogP contribution in [0.5, 0.6) is 0 Å². The van der Waals surface area contributed by atoms with Gasteiger partial charge < -0.3 is 19.8 Å². The molecule has 3 amide bonds. The van der Waals surface area contributed by atoms with E-state index in [1.54, 1.807) is 17.4 Å². The maximum Gasteiger partial charge on any atom is 0.333 e. The molecule has 0 bridgehead atoms. The van der Waals surface area contributed by atoms with E-state index in [4.69, 9.17) is 15.2 Å². The number of imidazole rings is 1. The van der Waals surface area contributed by atoms with Crippen LogP contribution in [0.4, 0.5) is 4.79 Å². The van der Waals surface area contributed by atoms with Gasteiger partial charge in [-0.2, -0.15) is 0 Å². The highest BCUT2D eigenvalue weighted by atomic mass is 16.5. The summed E-state index contributed by atoms with van der Waals surface area (Å²) >= 11 is 0. The largest absolute Gasteiger partial charge is 0.451 e. The Balaban J connectivity index is 2.02. The summed E-state index contributed by atoms with van der Waals surface area (Å²) in [4.78, 5) is 65.7. The molecular weight excluding hydrogens is 448 g/mol. The van der Waals surface area contributed by atoms with E-state index in [1.807, 2.05) is 18.2 Å². The third-order valence-electron chi connectivity index (χ3n) is 4.91. The van der Waals surface area contributed by atoms with Crippen LogP contribution in [0.2, 0.25) is 0 Å². The third-order valence-corrected chi connectivity index (χ3v) is 4.91. The van der Waals surface area contributed by atoms with E-state index in [0.717, 1.165) is 10.1 Å². The fourth-order valence-electron chi connectivity index (χ4n) is 3.29. The minimum atomic E-state index is -1.38. The Morgan fingerprint density at radius 1 is 1.15 bits per heavy atom. The van der Waals surface area contributed by atoms with Gasteiger partial charge >= 0.3 is 17.7 Å². The van der Waals surface area contributed by atoms with Crippen LogP contribution < -0.4 is 22.3 Å². The number of fused-ring (bicyclic) bond motifs is 1. The zero-order valence-corrected chi connectivity index (χ0v) is 18.6. The molecule has 0 saturated carbocycles. The van der Waals surface area contributed by atoms with Crippen molar-refractivity contribution in [1.29, 1.82) is 0 Å². The highest BCUT2D eigenvalue weighted by Gasteiger charge is 2.23. The lowest BCUT2D eigenvalue weighted by molar-refractivity contribution is -0.155. The number of urea groups is 1. The van der Waals surface area contributed by atoms with Gasteiger partial charge in [-0.25, -0.2) is 19.1 Å². The molecule has 0 radical (unpaired) electrons. The number of carbonyl (C=O) groups excluding carboxylic acids is 3. The van der Waals surface area contributed by atoms with Gasteiger partial charge in [-0.15, -0.1) is 0 Å². The van der Waals surface area contributed by atoms with E-state index in [-0.39, 0.29) is 24.3 Å². The van der Waals surface area contributed by atoms with Gasteiger partial charge in [0.2, 0.25) is 0 Å². The summed E-state index contributed by atoms with van der Waals surface area (Å²) in [5, 5.41) is 1.78. The highest BCUT2D eigenvalue weighted by Crippen LogP contribution is 2.10. The maximum absolute atomic E-state index is 13.2. The molecule has 3 aromatic rings. The number of rotatable bonds is 9. The third kappa shape index (κ3) is 5.38. The van der Waals surface area contributed by atoms with Crippen molar-refractivity contribution in [3.63, 3.8) is 0 Å². The second-order valence-corrected chi connectivity index (χ2v) is 7.33. The minimum Gasteiger partial charge on any atom is -0.451 e. The van der Waals surface area contributed by atoms with E-state index in [1.165, 1.54) is 29.5 Å². The molecule has 13 nitrogen and oxygen atoms in total. The summed E-state index contributed by atoms with van der Waals surface area (Å²) in [7, 11) is 1.51. The van der Waals surface area contributed by atoms with Crippen molar-refractivity contribution in [2.75, 3.05) is 13.7 Å². The van der Waals surface area contributed by atoms with Crippen LogP contribution in [0.3, 0.4) is 0 Å². The molecule has 0 aliphatic heterocycles. The molecule has 0 fully saturated rings. The first-order valence-corrected chi connectivity index (χ1v) is 10.2. The number of benzene rings is 1. The average molecular weight is 472 g/mol. The number of amides is 3. The van der Waals surface area contributed by atoms with Crippen LogP contribution in [0, 0.1) is 0 Å². The van der Waals surface area contributed by atoms with Gasteiger partial charge in [0, 0.05) is 13.7 Å². The fraction of sp³-hybridized carbons (Fsp3) is 0.333. The zero-order chi connectivity index (χ0) is 24.8. The van der Waals surface area contributed by atoms with E-state index in [0.29, 0.717) is 6.54 Å². The summed E-state index contributed by atoms with van der Waals surface area (Å²) in [5.74, 6) is -1.97. The standard InChI is InChI=1S/C21H24N6O7/c1-13(18(29)24-20(22)31)34-15(28)11-27-19(30)16-17(23-12-25(16)8-9-33-2)26(21(27)32)10-14-6-4-3-5-7-14/h3-7,12-13H,8-11H2,1-2H3,(H3,22,24,29,31). The molecule has 0 aliphatic rings. The number of primary amides is 1. The average Bonchev–Trinajstić information content (AvgIpc) is 3.22. The molecule has 2 aromatic heterocycles. The highest BCUT2D eigenvalue weighted by molar-refractivity contribution is 5.96. The molecule has 1 atom stereocenters. The van der Waals surface area contributed by atoms with Crippen LogP contribution in [-0.2, 0) is 38.7 Å². The second kappa shape index (κ2) is 10.6. The summed E-state index contributed by atoms with van der Waals surface area (Å²) in [6, 6.07) is 7.95. The Morgan fingerprint density at radius 2 is 1.85 bits per heavy atom. The number of hydrogen-bond donors (Lipinski definition) is 2. The van der Waals surface area contributed by atoms with Gasteiger partial charge in [-0.3, -0.25) is 24.3 Å².